The highest BCUT2D eigenvalue weighted by Crippen LogP contribution is 2.29. The molecule has 9 heteroatoms. The minimum Gasteiger partial charge on any atom is -0.343 e. The van der Waals surface area contributed by atoms with E-state index in [1.54, 1.807) is 12.4 Å². The van der Waals surface area contributed by atoms with Crippen LogP contribution in [0.3, 0.4) is 0 Å². The fourth-order valence-electron chi connectivity index (χ4n) is 5.60. The van der Waals surface area contributed by atoms with Crippen LogP contribution in [0, 0.1) is 0 Å². The summed E-state index contributed by atoms with van der Waals surface area (Å²) in [5.74, 6) is -0.809. The minimum atomic E-state index is -1.35. The first-order valence-electron chi connectivity index (χ1n) is 13.7. The van der Waals surface area contributed by atoms with Crippen molar-refractivity contribution in [1.82, 2.24) is 25.1 Å². The van der Waals surface area contributed by atoms with Gasteiger partial charge >= 0.3 is 0 Å². The number of nitrogens with one attached hydrogen (secondary N) is 1. The highest BCUT2D eigenvalue weighted by atomic mass is 19.1. The van der Waals surface area contributed by atoms with Crippen molar-refractivity contribution in [2.75, 3.05) is 6.54 Å². The molecule has 2 aliphatic heterocycles. The molecule has 8 nitrogen and oxygen atoms in total. The number of likely N-dealkylation sites (tertiary alicyclic amines) is 1. The Hall–Kier alpha value is -4.14. The van der Waals surface area contributed by atoms with Crippen LogP contribution in [0.1, 0.15) is 67.2 Å². The molecule has 1 aromatic heterocycles. The first-order valence-corrected chi connectivity index (χ1v) is 13.7. The standard InChI is InChI=1S/C31H34FN5O3/c1-19(2)21-9-11-23(12-10-21)29(22-7-5-4-6-8-22)35-30(39)27-15-24(32)17-37(27)31(40)28-16-25-26(34-14-13-33-25)18-36(28)20(3)38/h4-14,19,24,27-29H,15-18H2,1-3H3,(H,35,39)/t24-,27+,28?,29+/m1/s1. The first kappa shape index (κ1) is 27.4. The monoisotopic (exact) mass is 543 g/mol. The Morgan fingerprint density at radius 2 is 1.50 bits per heavy atom. The molecule has 0 radical (unpaired) electrons. The number of hydrogen-bond donors (Lipinski definition) is 1. The third kappa shape index (κ3) is 5.59. The van der Waals surface area contributed by atoms with Gasteiger partial charge in [0.25, 0.3) is 0 Å². The van der Waals surface area contributed by atoms with Crippen molar-refractivity contribution in [3.8, 4) is 0 Å². The molecule has 3 aromatic rings. The topological polar surface area (TPSA) is 95.5 Å². The summed E-state index contributed by atoms with van der Waals surface area (Å²) >= 11 is 0. The van der Waals surface area contributed by atoms with Crippen LogP contribution in [0.2, 0.25) is 0 Å². The lowest BCUT2D eigenvalue weighted by Crippen LogP contribution is -2.56. The molecule has 0 aliphatic carbocycles. The molecule has 2 aliphatic rings. The van der Waals surface area contributed by atoms with Gasteiger partial charge in [0.15, 0.2) is 0 Å². The normalized spacial score (nSPS) is 21.2. The number of alkyl halides is 1. The van der Waals surface area contributed by atoms with Gasteiger partial charge in [-0.05, 0) is 22.6 Å². The van der Waals surface area contributed by atoms with Crippen LogP contribution in [-0.4, -0.2) is 62.3 Å². The molecule has 1 N–H and O–H groups in total. The maximum atomic E-state index is 14.8. The average Bonchev–Trinajstić information content (AvgIpc) is 3.36. The van der Waals surface area contributed by atoms with E-state index in [-0.39, 0.29) is 31.8 Å². The number of benzene rings is 2. The summed E-state index contributed by atoms with van der Waals surface area (Å²) in [5.41, 5.74) is 4.22. The second kappa shape index (κ2) is 11.5. The lowest BCUT2D eigenvalue weighted by molar-refractivity contribution is -0.148. The Bertz CT molecular complexity index is 1380. The third-order valence-electron chi connectivity index (χ3n) is 7.82. The Morgan fingerprint density at radius 1 is 0.875 bits per heavy atom. The fourth-order valence-corrected chi connectivity index (χ4v) is 5.60. The minimum absolute atomic E-state index is 0.103. The predicted octanol–water partition coefficient (Wildman–Crippen LogP) is 3.72. The summed E-state index contributed by atoms with van der Waals surface area (Å²) in [4.78, 5) is 51.5. The van der Waals surface area contributed by atoms with E-state index >= 15 is 0 Å². The van der Waals surface area contributed by atoms with Crippen molar-refractivity contribution in [3.63, 3.8) is 0 Å². The van der Waals surface area contributed by atoms with Crippen LogP contribution in [0.4, 0.5) is 4.39 Å². The van der Waals surface area contributed by atoms with Crippen molar-refractivity contribution in [1.29, 1.82) is 0 Å². The van der Waals surface area contributed by atoms with Gasteiger partial charge < -0.3 is 15.1 Å². The Labute approximate surface area is 233 Å². The number of halogens is 1. The summed E-state index contributed by atoms with van der Waals surface area (Å²) in [6, 6.07) is 15.3. The summed E-state index contributed by atoms with van der Waals surface area (Å²) in [6.07, 6.45) is 1.81. The molecule has 1 unspecified atom stereocenters. The predicted molar refractivity (Wildman–Crippen MR) is 148 cm³/mol. The van der Waals surface area contributed by atoms with Gasteiger partial charge in [-0.15, -0.1) is 0 Å². The van der Waals surface area contributed by atoms with Gasteiger partial charge in [-0.1, -0.05) is 68.4 Å². The van der Waals surface area contributed by atoms with E-state index in [1.165, 1.54) is 22.3 Å². The van der Waals surface area contributed by atoms with E-state index in [4.69, 9.17) is 0 Å². The number of aromatic nitrogens is 2. The Morgan fingerprint density at radius 3 is 2.15 bits per heavy atom. The van der Waals surface area contributed by atoms with Gasteiger partial charge in [-0.2, -0.15) is 0 Å². The molecule has 1 fully saturated rings. The molecule has 4 atom stereocenters. The molecule has 1 saturated heterocycles. The SMILES string of the molecule is CC(=O)N1Cc2nccnc2CC1C(=O)N1C[C@H](F)C[C@H]1C(=O)N[C@@H](c1ccccc1)c1ccc(C(C)C)cc1. The smallest absolute Gasteiger partial charge is 0.246 e. The molecular formula is C31H34FN5O3. The number of rotatable bonds is 6. The van der Waals surface area contributed by atoms with Crippen molar-refractivity contribution < 1.29 is 18.8 Å². The zero-order valence-electron chi connectivity index (χ0n) is 23.0. The number of carbonyl (C=O) groups is 3. The highest BCUT2D eigenvalue weighted by Gasteiger charge is 2.45. The maximum absolute atomic E-state index is 14.8. The molecule has 0 spiro atoms. The molecule has 2 aromatic carbocycles. The first-order chi connectivity index (χ1) is 19.2. The van der Waals surface area contributed by atoms with E-state index < -0.39 is 36.1 Å². The molecule has 0 saturated carbocycles. The van der Waals surface area contributed by atoms with Crippen LogP contribution < -0.4 is 5.32 Å². The van der Waals surface area contributed by atoms with Crippen LogP contribution in [0.5, 0.6) is 0 Å². The average molecular weight is 544 g/mol. The van der Waals surface area contributed by atoms with Crippen LogP contribution in [-0.2, 0) is 27.3 Å². The Kier molecular flexibility index (Phi) is 7.91. The van der Waals surface area contributed by atoms with Gasteiger partial charge in [0.05, 0.1) is 30.5 Å². The molecule has 40 heavy (non-hydrogen) atoms. The third-order valence-corrected chi connectivity index (χ3v) is 7.82. The molecule has 208 valence electrons. The van der Waals surface area contributed by atoms with E-state index in [0.29, 0.717) is 17.3 Å². The summed E-state index contributed by atoms with van der Waals surface area (Å²) in [7, 11) is 0. The van der Waals surface area contributed by atoms with E-state index in [9.17, 15) is 18.8 Å². The second-order valence-corrected chi connectivity index (χ2v) is 10.8. The van der Waals surface area contributed by atoms with Crippen molar-refractivity contribution in [2.24, 2.45) is 0 Å². The molecular weight excluding hydrogens is 509 g/mol. The highest BCUT2D eigenvalue weighted by molar-refractivity contribution is 5.93. The van der Waals surface area contributed by atoms with Gasteiger partial charge in [-0.3, -0.25) is 24.4 Å². The Balaban J connectivity index is 1.40. The summed E-state index contributed by atoms with van der Waals surface area (Å²) < 4.78 is 14.8. The molecule has 0 bridgehead atoms. The second-order valence-electron chi connectivity index (χ2n) is 10.8. The van der Waals surface area contributed by atoms with Gasteiger partial charge in [0.2, 0.25) is 17.7 Å². The largest absolute Gasteiger partial charge is 0.343 e. The lowest BCUT2D eigenvalue weighted by atomic mass is 9.95. The maximum Gasteiger partial charge on any atom is 0.246 e. The molecule has 3 heterocycles. The van der Waals surface area contributed by atoms with Crippen LogP contribution in [0.25, 0.3) is 0 Å². The summed E-state index contributed by atoms with van der Waals surface area (Å²) in [6.45, 7) is 5.57. The van der Waals surface area contributed by atoms with Crippen LogP contribution >= 0.6 is 0 Å². The van der Waals surface area contributed by atoms with Crippen molar-refractivity contribution >= 4 is 17.7 Å². The lowest BCUT2D eigenvalue weighted by Gasteiger charge is -2.37. The van der Waals surface area contributed by atoms with Gasteiger partial charge in [0, 0.05) is 32.2 Å². The van der Waals surface area contributed by atoms with Gasteiger partial charge in [-0.25, -0.2) is 4.39 Å². The summed E-state index contributed by atoms with van der Waals surface area (Å²) in [5, 5.41) is 3.10. The fraction of sp³-hybridized carbons (Fsp3) is 0.387. The quantitative estimate of drug-likeness (QED) is 0.512. The molecule has 5 rings (SSSR count). The van der Waals surface area contributed by atoms with E-state index in [1.807, 2.05) is 54.6 Å². The number of nitrogens with zero attached hydrogens (tertiary/aromatic N) is 4. The van der Waals surface area contributed by atoms with Crippen molar-refractivity contribution in [3.05, 3.63) is 95.1 Å². The van der Waals surface area contributed by atoms with E-state index in [0.717, 1.165) is 11.1 Å². The van der Waals surface area contributed by atoms with Gasteiger partial charge in [0.1, 0.15) is 18.3 Å². The zero-order valence-corrected chi connectivity index (χ0v) is 23.0. The number of carbonyl (C=O) groups excluding carboxylic acids is 3. The molecule has 3 amide bonds. The number of amides is 3. The van der Waals surface area contributed by atoms with Crippen molar-refractivity contribution in [2.45, 2.75) is 70.4 Å². The number of hydrogen-bond acceptors (Lipinski definition) is 5. The number of fused-ring (bicyclic) bond motifs is 1. The van der Waals surface area contributed by atoms with E-state index in [2.05, 4.69) is 29.1 Å². The van der Waals surface area contributed by atoms with Crippen LogP contribution in [0.15, 0.2) is 67.0 Å². The zero-order chi connectivity index (χ0) is 28.4.